The van der Waals surface area contributed by atoms with Gasteiger partial charge in [-0.1, -0.05) is 24.3 Å². The highest BCUT2D eigenvalue weighted by Gasteiger charge is 2.21. The van der Waals surface area contributed by atoms with Gasteiger partial charge >= 0.3 is 6.03 Å². The number of nitrogens with one attached hydrogen (secondary N) is 1. The van der Waals surface area contributed by atoms with Crippen LogP contribution in [0.25, 0.3) is 10.9 Å². The van der Waals surface area contributed by atoms with Gasteiger partial charge < -0.3 is 19.7 Å². The molecule has 0 atom stereocenters. The number of carbonyl (C=O) groups is 1. The second-order valence-corrected chi connectivity index (χ2v) is 6.82. The Morgan fingerprint density at radius 3 is 2.63 bits per heavy atom. The van der Waals surface area contributed by atoms with Crippen molar-refractivity contribution in [3.05, 3.63) is 60.9 Å². The zero-order chi connectivity index (χ0) is 18.5. The van der Waals surface area contributed by atoms with E-state index < -0.39 is 0 Å². The van der Waals surface area contributed by atoms with Gasteiger partial charge in [-0.2, -0.15) is 0 Å². The Kier molecular flexibility index (Phi) is 5.23. The maximum absolute atomic E-state index is 12.4. The number of piperazine rings is 1. The minimum Gasteiger partial charge on any atom is -0.353 e. The molecule has 0 unspecified atom stereocenters. The monoisotopic (exact) mass is 363 g/mol. The lowest BCUT2D eigenvalue weighted by atomic mass is 10.2. The second kappa shape index (κ2) is 8.12. The molecule has 1 aliphatic heterocycles. The van der Waals surface area contributed by atoms with E-state index in [1.807, 2.05) is 29.3 Å². The van der Waals surface area contributed by atoms with Crippen LogP contribution < -0.4 is 10.2 Å². The number of hydrogen-bond acceptors (Lipinski definition) is 3. The lowest BCUT2D eigenvalue weighted by Gasteiger charge is -2.35. The number of nitrogens with zero attached hydrogens (tertiary/aromatic N) is 4. The normalized spacial score (nSPS) is 14.5. The average molecular weight is 363 g/mol. The molecule has 6 heteroatoms. The van der Waals surface area contributed by atoms with E-state index in [0.717, 1.165) is 45.0 Å². The summed E-state index contributed by atoms with van der Waals surface area (Å²) < 4.78 is 2.24. The molecule has 27 heavy (non-hydrogen) atoms. The fourth-order valence-electron chi connectivity index (χ4n) is 3.57. The van der Waals surface area contributed by atoms with Gasteiger partial charge in [-0.3, -0.25) is 0 Å². The topological polar surface area (TPSA) is 53.4 Å². The van der Waals surface area contributed by atoms with Crippen LogP contribution >= 0.6 is 0 Å². The number of fused-ring (bicyclic) bond motifs is 1. The van der Waals surface area contributed by atoms with Crippen LogP contribution in [0.4, 0.5) is 10.6 Å². The van der Waals surface area contributed by atoms with Gasteiger partial charge in [0.25, 0.3) is 0 Å². The number of benzene rings is 1. The maximum atomic E-state index is 12.4. The Hall–Kier alpha value is -3.02. The standard InChI is InChI=1S/C21H25N5O/c27-21(26-16-14-25(15-17-26)20-8-3-4-10-22-20)23-11-5-12-24-13-9-18-6-1-2-7-19(18)24/h1-4,6-10,13H,5,11-12,14-17H2,(H,23,27). The van der Waals surface area contributed by atoms with Crippen LogP contribution in [0.1, 0.15) is 6.42 Å². The molecule has 1 fully saturated rings. The van der Waals surface area contributed by atoms with E-state index in [4.69, 9.17) is 0 Å². The van der Waals surface area contributed by atoms with Crippen LogP contribution in [0.3, 0.4) is 0 Å². The van der Waals surface area contributed by atoms with Crippen LogP contribution in [0.2, 0.25) is 0 Å². The molecule has 0 aliphatic carbocycles. The lowest BCUT2D eigenvalue weighted by Crippen LogP contribution is -2.52. The highest BCUT2D eigenvalue weighted by molar-refractivity contribution is 5.79. The highest BCUT2D eigenvalue weighted by Crippen LogP contribution is 2.15. The minimum absolute atomic E-state index is 0.0352. The van der Waals surface area contributed by atoms with Gasteiger partial charge in [-0.25, -0.2) is 9.78 Å². The first-order valence-electron chi connectivity index (χ1n) is 9.54. The van der Waals surface area contributed by atoms with Crippen molar-refractivity contribution in [2.45, 2.75) is 13.0 Å². The van der Waals surface area contributed by atoms with Crippen molar-refractivity contribution in [1.29, 1.82) is 0 Å². The Bertz CT molecular complexity index is 884. The molecular weight excluding hydrogens is 338 g/mol. The van der Waals surface area contributed by atoms with Crippen molar-refractivity contribution in [3.63, 3.8) is 0 Å². The summed E-state index contributed by atoms with van der Waals surface area (Å²) in [6, 6.07) is 16.5. The molecule has 1 N–H and O–H groups in total. The maximum Gasteiger partial charge on any atom is 0.317 e. The molecule has 140 valence electrons. The molecule has 3 aromatic rings. The number of urea groups is 1. The number of pyridine rings is 1. The van der Waals surface area contributed by atoms with Gasteiger partial charge in [0.05, 0.1) is 0 Å². The molecule has 2 aromatic heterocycles. The number of aryl methyl sites for hydroxylation is 1. The van der Waals surface area contributed by atoms with E-state index in [1.54, 1.807) is 0 Å². The summed E-state index contributed by atoms with van der Waals surface area (Å²) in [5.74, 6) is 0.983. The van der Waals surface area contributed by atoms with Crippen molar-refractivity contribution in [2.24, 2.45) is 0 Å². The molecule has 0 radical (unpaired) electrons. The molecule has 6 nitrogen and oxygen atoms in total. The Morgan fingerprint density at radius 1 is 1.00 bits per heavy atom. The van der Waals surface area contributed by atoms with Crippen molar-refractivity contribution in [2.75, 3.05) is 37.6 Å². The van der Waals surface area contributed by atoms with Gasteiger partial charge in [0.2, 0.25) is 0 Å². The summed E-state index contributed by atoms with van der Waals surface area (Å²) >= 11 is 0. The summed E-state index contributed by atoms with van der Waals surface area (Å²) in [6.07, 6.45) is 4.84. The fourth-order valence-corrected chi connectivity index (χ4v) is 3.57. The molecule has 3 heterocycles. The van der Waals surface area contributed by atoms with Gasteiger partial charge in [0, 0.05) is 57.2 Å². The fraction of sp³-hybridized carbons (Fsp3) is 0.333. The first kappa shape index (κ1) is 17.4. The smallest absolute Gasteiger partial charge is 0.317 e. The van der Waals surface area contributed by atoms with E-state index in [1.165, 1.54) is 10.9 Å². The number of carbonyl (C=O) groups excluding carboxylic acids is 1. The second-order valence-electron chi connectivity index (χ2n) is 6.82. The van der Waals surface area contributed by atoms with Crippen molar-refractivity contribution < 1.29 is 4.79 Å². The zero-order valence-electron chi connectivity index (χ0n) is 15.4. The quantitative estimate of drug-likeness (QED) is 0.709. The summed E-state index contributed by atoms with van der Waals surface area (Å²) in [4.78, 5) is 20.9. The summed E-state index contributed by atoms with van der Waals surface area (Å²) in [5.41, 5.74) is 1.24. The molecular formula is C21H25N5O. The molecule has 0 spiro atoms. The first-order chi connectivity index (χ1) is 13.3. The summed E-state index contributed by atoms with van der Waals surface area (Å²) in [7, 11) is 0. The predicted octanol–water partition coefficient (Wildman–Crippen LogP) is 2.96. The highest BCUT2D eigenvalue weighted by atomic mass is 16.2. The largest absolute Gasteiger partial charge is 0.353 e. The van der Waals surface area contributed by atoms with E-state index >= 15 is 0 Å². The number of para-hydroxylation sites is 1. The number of anilines is 1. The predicted molar refractivity (Wildman–Crippen MR) is 108 cm³/mol. The third-order valence-electron chi connectivity index (χ3n) is 5.07. The van der Waals surface area contributed by atoms with Crippen LogP contribution in [-0.4, -0.2) is 53.2 Å². The molecule has 4 rings (SSSR count). The third-order valence-corrected chi connectivity index (χ3v) is 5.07. The average Bonchev–Trinajstić information content (AvgIpc) is 3.15. The molecule has 1 saturated heterocycles. The van der Waals surface area contributed by atoms with Gasteiger partial charge in [0.1, 0.15) is 5.82 Å². The van der Waals surface area contributed by atoms with Crippen molar-refractivity contribution in [3.8, 4) is 0 Å². The van der Waals surface area contributed by atoms with Gasteiger partial charge in [-0.15, -0.1) is 0 Å². The van der Waals surface area contributed by atoms with Crippen LogP contribution in [0.5, 0.6) is 0 Å². The molecule has 0 bridgehead atoms. The van der Waals surface area contributed by atoms with Crippen LogP contribution in [0.15, 0.2) is 60.9 Å². The van der Waals surface area contributed by atoms with Crippen LogP contribution in [0, 0.1) is 0 Å². The first-order valence-corrected chi connectivity index (χ1v) is 9.54. The van der Waals surface area contributed by atoms with E-state index in [9.17, 15) is 4.79 Å². The van der Waals surface area contributed by atoms with E-state index in [0.29, 0.717) is 6.54 Å². The summed E-state index contributed by atoms with van der Waals surface area (Å²) in [5, 5.41) is 4.31. The van der Waals surface area contributed by atoms with Gasteiger partial charge in [0.15, 0.2) is 0 Å². The Labute approximate surface area is 159 Å². The Morgan fingerprint density at radius 2 is 1.81 bits per heavy atom. The van der Waals surface area contributed by atoms with E-state index in [-0.39, 0.29) is 6.03 Å². The lowest BCUT2D eigenvalue weighted by molar-refractivity contribution is 0.194. The summed E-state index contributed by atoms with van der Waals surface area (Å²) in [6.45, 7) is 4.68. The third kappa shape index (κ3) is 4.05. The molecule has 0 saturated carbocycles. The minimum atomic E-state index is 0.0352. The van der Waals surface area contributed by atoms with Crippen molar-refractivity contribution >= 4 is 22.8 Å². The number of aromatic nitrogens is 2. The number of hydrogen-bond donors (Lipinski definition) is 1. The SMILES string of the molecule is O=C(NCCCn1ccc2ccccc21)N1CCN(c2ccccn2)CC1. The molecule has 1 aromatic carbocycles. The number of amides is 2. The van der Waals surface area contributed by atoms with Crippen molar-refractivity contribution in [1.82, 2.24) is 19.8 Å². The zero-order valence-corrected chi connectivity index (χ0v) is 15.4. The Balaban J connectivity index is 1.20. The van der Waals surface area contributed by atoms with Crippen LogP contribution in [-0.2, 0) is 6.54 Å². The van der Waals surface area contributed by atoms with E-state index in [2.05, 4.69) is 56.3 Å². The molecule has 1 aliphatic rings. The van der Waals surface area contributed by atoms with Gasteiger partial charge in [-0.05, 0) is 36.1 Å². The molecule has 2 amide bonds. The number of rotatable bonds is 5.